The lowest BCUT2D eigenvalue weighted by molar-refractivity contribution is -0.132. The molecule has 1 aliphatic heterocycles. The normalized spacial score (nSPS) is 20.4. The van der Waals surface area contributed by atoms with Crippen molar-refractivity contribution >= 4 is 11.7 Å². The van der Waals surface area contributed by atoms with Crippen molar-refractivity contribution in [2.45, 2.75) is 39.2 Å². The summed E-state index contributed by atoms with van der Waals surface area (Å²) >= 11 is 0. The predicted molar refractivity (Wildman–Crippen MR) is 81.8 cm³/mol. The highest BCUT2D eigenvalue weighted by atomic mass is 16.2. The van der Waals surface area contributed by atoms with E-state index < -0.39 is 0 Å². The lowest BCUT2D eigenvalue weighted by atomic mass is 10.0. The number of fused-ring (bicyclic) bond motifs is 1. The molecule has 112 valence electrons. The fourth-order valence-corrected chi connectivity index (χ4v) is 3.03. The van der Waals surface area contributed by atoms with Crippen LogP contribution in [0.3, 0.4) is 0 Å². The third-order valence-electron chi connectivity index (χ3n) is 4.20. The monoisotopic (exact) mass is 286 g/mol. The standard InChI is InChI=1S/C16H22N4O/c1-2-17-15-10-13-11-20(8-7-14(13)18-19-15)16(21)9-12-5-3-4-6-12/h3,5,10,12H,2,4,6-9,11H2,1H3,(H,17,19)/t12-/m0/s1. The van der Waals surface area contributed by atoms with Crippen molar-refractivity contribution in [3.8, 4) is 0 Å². The number of allylic oxidation sites excluding steroid dienone is 2. The molecule has 1 aliphatic carbocycles. The summed E-state index contributed by atoms with van der Waals surface area (Å²) in [5.74, 6) is 1.50. The largest absolute Gasteiger partial charge is 0.369 e. The Morgan fingerprint density at radius 1 is 1.48 bits per heavy atom. The summed E-state index contributed by atoms with van der Waals surface area (Å²) < 4.78 is 0. The number of hydrogen-bond acceptors (Lipinski definition) is 4. The van der Waals surface area contributed by atoms with E-state index in [2.05, 4.69) is 27.7 Å². The van der Waals surface area contributed by atoms with E-state index in [0.29, 0.717) is 18.9 Å². The summed E-state index contributed by atoms with van der Waals surface area (Å²) in [6.45, 7) is 4.28. The molecule has 0 saturated carbocycles. The van der Waals surface area contributed by atoms with Gasteiger partial charge < -0.3 is 10.2 Å². The Hall–Kier alpha value is -1.91. The predicted octanol–water partition coefficient (Wildman–Crippen LogP) is 2.15. The van der Waals surface area contributed by atoms with Gasteiger partial charge in [0.15, 0.2) is 0 Å². The highest BCUT2D eigenvalue weighted by Gasteiger charge is 2.24. The molecule has 0 spiro atoms. The minimum atomic E-state index is 0.263. The maximum Gasteiger partial charge on any atom is 0.223 e. The number of nitrogens with one attached hydrogen (secondary N) is 1. The zero-order chi connectivity index (χ0) is 14.7. The minimum Gasteiger partial charge on any atom is -0.369 e. The number of hydrogen-bond donors (Lipinski definition) is 1. The quantitative estimate of drug-likeness (QED) is 0.862. The molecule has 1 amide bonds. The third-order valence-corrected chi connectivity index (χ3v) is 4.20. The number of carbonyl (C=O) groups excluding carboxylic acids is 1. The number of rotatable bonds is 4. The van der Waals surface area contributed by atoms with Crippen LogP contribution < -0.4 is 5.32 Å². The van der Waals surface area contributed by atoms with Crippen molar-refractivity contribution in [3.63, 3.8) is 0 Å². The second-order valence-electron chi connectivity index (χ2n) is 5.77. The topological polar surface area (TPSA) is 58.1 Å². The highest BCUT2D eigenvalue weighted by Crippen LogP contribution is 2.24. The van der Waals surface area contributed by atoms with Crippen LogP contribution in [-0.4, -0.2) is 34.1 Å². The van der Waals surface area contributed by atoms with E-state index in [1.807, 2.05) is 17.9 Å². The highest BCUT2D eigenvalue weighted by molar-refractivity contribution is 5.77. The van der Waals surface area contributed by atoms with Gasteiger partial charge in [0.1, 0.15) is 5.82 Å². The van der Waals surface area contributed by atoms with Crippen molar-refractivity contribution in [1.29, 1.82) is 0 Å². The van der Waals surface area contributed by atoms with Crippen molar-refractivity contribution < 1.29 is 4.79 Å². The Labute approximate surface area is 125 Å². The van der Waals surface area contributed by atoms with Gasteiger partial charge in [0.25, 0.3) is 0 Å². The van der Waals surface area contributed by atoms with Gasteiger partial charge in [0.05, 0.1) is 5.69 Å². The molecule has 2 aliphatic rings. The van der Waals surface area contributed by atoms with Crippen LogP contribution in [0.25, 0.3) is 0 Å². The van der Waals surface area contributed by atoms with Gasteiger partial charge in [-0.1, -0.05) is 12.2 Å². The van der Waals surface area contributed by atoms with E-state index in [9.17, 15) is 4.79 Å². The van der Waals surface area contributed by atoms with Crippen LogP contribution in [0.5, 0.6) is 0 Å². The molecule has 0 saturated heterocycles. The molecule has 0 aromatic carbocycles. The molecule has 2 heterocycles. The lowest BCUT2D eigenvalue weighted by Crippen LogP contribution is -2.37. The molecule has 0 radical (unpaired) electrons. The average molecular weight is 286 g/mol. The fraction of sp³-hybridized carbons (Fsp3) is 0.562. The Balaban J connectivity index is 1.66. The summed E-state index contributed by atoms with van der Waals surface area (Å²) in [5.41, 5.74) is 2.16. The smallest absolute Gasteiger partial charge is 0.223 e. The summed E-state index contributed by atoms with van der Waals surface area (Å²) in [6, 6.07) is 2.03. The van der Waals surface area contributed by atoms with Gasteiger partial charge in [-0.3, -0.25) is 4.79 Å². The second kappa shape index (κ2) is 6.24. The molecule has 0 fully saturated rings. The maximum atomic E-state index is 12.4. The SMILES string of the molecule is CCNc1cc2c(nn1)CCN(C(=O)C[C@H]1C=CCC1)C2. The first-order valence-corrected chi connectivity index (χ1v) is 7.80. The molecule has 0 unspecified atom stereocenters. The number of carbonyl (C=O) groups is 1. The third kappa shape index (κ3) is 3.23. The number of anilines is 1. The lowest BCUT2D eigenvalue weighted by Gasteiger charge is -2.29. The molecular formula is C16H22N4O. The van der Waals surface area contributed by atoms with Crippen LogP contribution in [0.4, 0.5) is 5.82 Å². The fourth-order valence-electron chi connectivity index (χ4n) is 3.03. The van der Waals surface area contributed by atoms with Crippen LogP contribution in [0.15, 0.2) is 18.2 Å². The molecule has 3 rings (SSSR count). The average Bonchev–Trinajstić information content (AvgIpc) is 3.00. The first-order chi connectivity index (χ1) is 10.3. The molecule has 1 N–H and O–H groups in total. The number of amides is 1. The van der Waals surface area contributed by atoms with Crippen LogP contribution in [-0.2, 0) is 17.8 Å². The summed E-state index contributed by atoms with van der Waals surface area (Å²) in [4.78, 5) is 14.4. The summed E-state index contributed by atoms with van der Waals surface area (Å²) in [5, 5.41) is 11.6. The van der Waals surface area contributed by atoms with Crippen LogP contribution >= 0.6 is 0 Å². The molecule has 1 atom stereocenters. The van der Waals surface area contributed by atoms with Crippen molar-refractivity contribution in [2.24, 2.45) is 5.92 Å². The Kier molecular flexibility index (Phi) is 4.18. The summed E-state index contributed by atoms with van der Waals surface area (Å²) in [6.07, 6.45) is 8.05. The molecular weight excluding hydrogens is 264 g/mol. The van der Waals surface area contributed by atoms with Gasteiger partial charge in [0.2, 0.25) is 5.91 Å². The van der Waals surface area contributed by atoms with Crippen LogP contribution in [0.2, 0.25) is 0 Å². The number of aromatic nitrogens is 2. The van der Waals surface area contributed by atoms with Crippen molar-refractivity contribution in [1.82, 2.24) is 15.1 Å². The Morgan fingerprint density at radius 3 is 3.14 bits per heavy atom. The second-order valence-corrected chi connectivity index (χ2v) is 5.77. The molecule has 5 nitrogen and oxygen atoms in total. The van der Waals surface area contributed by atoms with E-state index in [1.54, 1.807) is 0 Å². The first kappa shape index (κ1) is 14.0. The van der Waals surface area contributed by atoms with Crippen molar-refractivity contribution in [3.05, 3.63) is 29.5 Å². The number of nitrogens with zero attached hydrogens (tertiary/aromatic N) is 3. The molecule has 5 heteroatoms. The Bertz CT molecular complexity index is 555. The zero-order valence-electron chi connectivity index (χ0n) is 12.5. The van der Waals surface area contributed by atoms with Gasteiger partial charge in [-0.2, -0.15) is 5.10 Å². The van der Waals surface area contributed by atoms with E-state index in [1.165, 1.54) is 0 Å². The molecule has 21 heavy (non-hydrogen) atoms. The van der Waals surface area contributed by atoms with Crippen LogP contribution in [0.1, 0.15) is 37.4 Å². The van der Waals surface area contributed by atoms with E-state index in [-0.39, 0.29) is 5.91 Å². The van der Waals surface area contributed by atoms with Gasteiger partial charge >= 0.3 is 0 Å². The van der Waals surface area contributed by atoms with Crippen molar-refractivity contribution in [2.75, 3.05) is 18.4 Å². The van der Waals surface area contributed by atoms with E-state index >= 15 is 0 Å². The maximum absolute atomic E-state index is 12.4. The van der Waals surface area contributed by atoms with Gasteiger partial charge in [-0.05, 0) is 37.3 Å². The van der Waals surface area contributed by atoms with E-state index in [4.69, 9.17) is 0 Å². The minimum absolute atomic E-state index is 0.263. The first-order valence-electron chi connectivity index (χ1n) is 7.80. The molecule has 1 aromatic heterocycles. The van der Waals surface area contributed by atoms with Gasteiger partial charge in [-0.15, -0.1) is 5.10 Å². The molecule has 0 bridgehead atoms. The van der Waals surface area contributed by atoms with Gasteiger partial charge in [-0.25, -0.2) is 0 Å². The van der Waals surface area contributed by atoms with Crippen LogP contribution in [0, 0.1) is 5.92 Å². The Morgan fingerprint density at radius 2 is 2.38 bits per heavy atom. The zero-order valence-corrected chi connectivity index (χ0v) is 12.5. The summed E-state index contributed by atoms with van der Waals surface area (Å²) in [7, 11) is 0. The van der Waals surface area contributed by atoms with E-state index in [0.717, 1.165) is 49.4 Å². The van der Waals surface area contributed by atoms with Gasteiger partial charge in [0, 0.05) is 32.5 Å². The molecule has 1 aromatic rings.